The van der Waals surface area contributed by atoms with Crippen LogP contribution in [0.3, 0.4) is 0 Å². The molecule has 6 heteroatoms. The number of aromatic amines is 1. The quantitative estimate of drug-likeness (QED) is 0.806. The smallest absolute Gasteiger partial charge is 0.252 e. The highest BCUT2D eigenvalue weighted by Gasteiger charge is 2.39. The molecule has 2 aromatic rings. The van der Waals surface area contributed by atoms with Crippen molar-refractivity contribution in [1.82, 2.24) is 14.9 Å². The van der Waals surface area contributed by atoms with E-state index in [2.05, 4.69) is 27.1 Å². The van der Waals surface area contributed by atoms with Gasteiger partial charge in [0, 0.05) is 35.9 Å². The molecule has 0 aliphatic carbocycles. The van der Waals surface area contributed by atoms with Gasteiger partial charge in [0.2, 0.25) is 0 Å². The summed E-state index contributed by atoms with van der Waals surface area (Å²) in [7, 11) is 0. The normalized spacial score (nSPS) is 27.4. The number of aromatic nitrogens is 2. The SMILES string of the molecule is CCN1[C@@H]2CC[C@H]1CC(Nc1c(C(N)=O)cnc3[nH]ccc13)C2. The summed E-state index contributed by atoms with van der Waals surface area (Å²) >= 11 is 0. The van der Waals surface area contributed by atoms with Crippen molar-refractivity contribution in [3.63, 3.8) is 0 Å². The summed E-state index contributed by atoms with van der Waals surface area (Å²) in [5.41, 5.74) is 7.64. The van der Waals surface area contributed by atoms with Crippen LogP contribution in [0.2, 0.25) is 0 Å². The fourth-order valence-electron chi connectivity index (χ4n) is 4.46. The third kappa shape index (κ3) is 2.37. The summed E-state index contributed by atoms with van der Waals surface area (Å²) in [4.78, 5) is 21.8. The van der Waals surface area contributed by atoms with E-state index in [1.807, 2.05) is 12.3 Å². The van der Waals surface area contributed by atoms with Gasteiger partial charge in [-0.25, -0.2) is 4.98 Å². The molecule has 4 N–H and O–H groups in total. The first-order chi connectivity index (χ1) is 11.2. The number of carbonyl (C=O) groups excluding carboxylic acids is 1. The van der Waals surface area contributed by atoms with Gasteiger partial charge >= 0.3 is 0 Å². The minimum absolute atomic E-state index is 0.383. The van der Waals surface area contributed by atoms with Gasteiger partial charge in [-0.1, -0.05) is 6.92 Å². The fraction of sp³-hybridized carbons (Fsp3) is 0.529. The number of hydrogen-bond donors (Lipinski definition) is 3. The van der Waals surface area contributed by atoms with E-state index in [1.54, 1.807) is 6.20 Å². The minimum Gasteiger partial charge on any atom is -0.381 e. The van der Waals surface area contributed by atoms with Crippen molar-refractivity contribution in [2.75, 3.05) is 11.9 Å². The van der Waals surface area contributed by atoms with Gasteiger partial charge in [-0.2, -0.15) is 0 Å². The summed E-state index contributed by atoms with van der Waals surface area (Å²) in [5.74, 6) is -0.433. The molecule has 2 aromatic heterocycles. The highest BCUT2D eigenvalue weighted by molar-refractivity contribution is 6.05. The Morgan fingerprint density at radius 1 is 1.43 bits per heavy atom. The number of nitrogens with one attached hydrogen (secondary N) is 2. The van der Waals surface area contributed by atoms with Gasteiger partial charge in [-0.3, -0.25) is 9.69 Å². The van der Waals surface area contributed by atoms with Crippen LogP contribution in [0.1, 0.15) is 43.0 Å². The van der Waals surface area contributed by atoms with Crippen molar-refractivity contribution in [3.8, 4) is 0 Å². The maximum Gasteiger partial charge on any atom is 0.252 e. The van der Waals surface area contributed by atoms with Crippen molar-refractivity contribution in [3.05, 3.63) is 24.0 Å². The molecule has 1 unspecified atom stereocenters. The van der Waals surface area contributed by atoms with Gasteiger partial charge in [0.05, 0.1) is 11.3 Å². The van der Waals surface area contributed by atoms with E-state index in [1.165, 1.54) is 12.8 Å². The molecular formula is C17H23N5O. The van der Waals surface area contributed by atoms with E-state index in [-0.39, 0.29) is 0 Å². The van der Waals surface area contributed by atoms with Crippen molar-refractivity contribution in [1.29, 1.82) is 0 Å². The van der Waals surface area contributed by atoms with Crippen LogP contribution in [-0.2, 0) is 0 Å². The largest absolute Gasteiger partial charge is 0.381 e. The zero-order valence-corrected chi connectivity index (χ0v) is 13.4. The number of rotatable bonds is 4. The number of fused-ring (bicyclic) bond motifs is 3. The Balaban J connectivity index is 1.64. The van der Waals surface area contributed by atoms with E-state index >= 15 is 0 Å². The van der Waals surface area contributed by atoms with Crippen LogP contribution in [0.4, 0.5) is 5.69 Å². The third-order valence-electron chi connectivity index (χ3n) is 5.45. The average Bonchev–Trinajstić information content (AvgIpc) is 3.10. The van der Waals surface area contributed by atoms with Gasteiger partial charge in [0.15, 0.2) is 0 Å². The molecule has 122 valence electrons. The first kappa shape index (κ1) is 14.5. The minimum atomic E-state index is -0.433. The molecule has 4 rings (SSSR count). The molecule has 6 nitrogen and oxygen atoms in total. The molecule has 2 fully saturated rings. The first-order valence-electron chi connectivity index (χ1n) is 8.45. The number of nitrogens with zero attached hydrogens (tertiary/aromatic N) is 2. The van der Waals surface area contributed by atoms with Gasteiger partial charge in [-0.15, -0.1) is 0 Å². The molecule has 2 bridgehead atoms. The number of nitrogens with two attached hydrogens (primary N) is 1. The number of H-pyrrole nitrogens is 1. The van der Waals surface area contributed by atoms with Crippen LogP contribution < -0.4 is 11.1 Å². The number of anilines is 1. The Labute approximate surface area is 135 Å². The first-order valence-corrected chi connectivity index (χ1v) is 8.45. The number of primary amides is 1. The highest BCUT2D eigenvalue weighted by atomic mass is 16.1. The molecule has 0 aromatic carbocycles. The average molecular weight is 313 g/mol. The van der Waals surface area contributed by atoms with Crippen LogP contribution in [0.25, 0.3) is 11.0 Å². The lowest BCUT2D eigenvalue weighted by atomic mass is 9.96. The molecule has 23 heavy (non-hydrogen) atoms. The number of pyridine rings is 1. The van der Waals surface area contributed by atoms with Crippen molar-refractivity contribution >= 4 is 22.6 Å². The number of carbonyl (C=O) groups is 1. The molecular weight excluding hydrogens is 290 g/mol. The predicted octanol–water partition coefficient (Wildman–Crippen LogP) is 2.09. The molecule has 2 aliphatic rings. The Bertz CT molecular complexity index is 726. The fourth-order valence-corrected chi connectivity index (χ4v) is 4.46. The van der Waals surface area contributed by atoms with Crippen LogP contribution in [-0.4, -0.2) is 45.4 Å². The summed E-state index contributed by atoms with van der Waals surface area (Å²) < 4.78 is 0. The van der Waals surface area contributed by atoms with Gasteiger partial charge < -0.3 is 16.0 Å². The monoisotopic (exact) mass is 313 g/mol. The molecule has 2 saturated heterocycles. The molecule has 0 saturated carbocycles. The number of hydrogen-bond acceptors (Lipinski definition) is 4. The second-order valence-corrected chi connectivity index (χ2v) is 6.68. The van der Waals surface area contributed by atoms with Crippen molar-refractivity contribution < 1.29 is 4.79 Å². The van der Waals surface area contributed by atoms with Gasteiger partial charge in [0.1, 0.15) is 5.65 Å². The third-order valence-corrected chi connectivity index (χ3v) is 5.45. The maximum absolute atomic E-state index is 11.8. The lowest BCUT2D eigenvalue weighted by molar-refractivity contribution is 0.100. The zero-order chi connectivity index (χ0) is 16.0. The lowest BCUT2D eigenvalue weighted by Crippen LogP contribution is -2.46. The van der Waals surface area contributed by atoms with Crippen LogP contribution in [0, 0.1) is 0 Å². The van der Waals surface area contributed by atoms with Crippen LogP contribution in [0.15, 0.2) is 18.5 Å². The maximum atomic E-state index is 11.8. The van der Waals surface area contributed by atoms with Crippen LogP contribution >= 0.6 is 0 Å². The molecule has 0 radical (unpaired) electrons. The van der Waals surface area contributed by atoms with E-state index in [4.69, 9.17) is 5.73 Å². The van der Waals surface area contributed by atoms with Crippen LogP contribution in [0.5, 0.6) is 0 Å². The van der Waals surface area contributed by atoms with E-state index in [9.17, 15) is 4.79 Å². The Hall–Kier alpha value is -2.08. The van der Waals surface area contributed by atoms with Gasteiger partial charge in [0.25, 0.3) is 5.91 Å². The molecule has 1 amide bonds. The lowest BCUT2D eigenvalue weighted by Gasteiger charge is -2.39. The van der Waals surface area contributed by atoms with Crippen molar-refractivity contribution in [2.45, 2.75) is 50.7 Å². The second-order valence-electron chi connectivity index (χ2n) is 6.68. The Morgan fingerprint density at radius 3 is 2.83 bits per heavy atom. The second kappa shape index (κ2) is 5.53. The predicted molar refractivity (Wildman–Crippen MR) is 90.4 cm³/mol. The summed E-state index contributed by atoms with van der Waals surface area (Å²) in [6, 6.07) is 3.66. The summed E-state index contributed by atoms with van der Waals surface area (Å²) in [6.07, 6.45) is 8.23. The van der Waals surface area contributed by atoms with E-state index in [0.717, 1.165) is 36.1 Å². The molecule has 2 aliphatic heterocycles. The summed E-state index contributed by atoms with van der Waals surface area (Å²) in [5, 5.41) is 4.55. The zero-order valence-electron chi connectivity index (χ0n) is 13.4. The Kier molecular flexibility index (Phi) is 3.49. The Morgan fingerprint density at radius 2 is 2.17 bits per heavy atom. The van der Waals surface area contributed by atoms with Gasteiger partial charge in [-0.05, 0) is 38.3 Å². The number of amides is 1. The summed E-state index contributed by atoms with van der Waals surface area (Å²) in [6.45, 7) is 3.38. The number of piperidine rings is 1. The highest BCUT2D eigenvalue weighted by Crippen LogP contribution is 2.37. The molecule has 4 heterocycles. The topological polar surface area (TPSA) is 87.0 Å². The van der Waals surface area contributed by atoms with Crippen molar-refractivity contribution in [2.24, 2.45) is 5.73 Å². The molecule has 3 atom stereocenters. The standard InChI is InChI=1S/C17H23N5O/c1-2-22-11-3-4-12(22)8-10(7-11)21-15-13-5-6-19-17(13)20-9-14(15)16(18)23/h5-6,9-12H,2-4,7-8H2,1H3,(H2,18,23)(H2,19,20,21)/t10?,11-,12+. The molecule has 0 spiro atoms. The van der Waals surface area contributed by atoms with E-state index in [0.29, 0.717) is 23.7 Å². The van der Waals surface area contributed by atoms with E-state index < -0.39 is 5.91 Å².